The molecule has 2 atom stereocenters. The van der Waals surface area contributed by atoms with Gasteiger partial charge in [0.05, 0.1) is 12.5 Å². The maximum atomic E-state index is 12.2. The Morgan fingerprint density at radius 1 is 1.62 bits per heavy atom. The van der Waals surface area contributed by atoms with Crippen molar-refractivity contribution >= 4 is 5.91 Å². The van der Waals surface area contributed by atoms with Crippen LogP contribution in [0.3, 0.4) is 0 Å². The summed E-state index contributed by atoms with van der Waals surface area (Å²) < 4.78 is 5.36. The maximum Gasteiger partial charge on any atom is 0.228 e. The second-order valence-electron chi connectivity index (χ2n) is 4.63. The van der Waals surface area contributed by atoms with E-state index in [-0.39, 0.29) is 11.8 Å². The highest BCUT2D eigenvalue weighted by atomic mass is 16.5. The molecule has 94 valence electrons. The van der Waals surface area contributed by atoms with E-state index in [1.54, 1.807) is 0 Å². The van der Waals surface area contributed by atoms with Crippen LogP contribution in [0.1, 0.15) is 26.7 Å². The average Bonchev–Trinajstić information content (AvgIpc) is 2.35. The van der Waals surface area contributed by atoms with Gasteiger partial charge in [-0.25, -0.2) is 0 Å². The van der Waals surface area contributed by atoms with Gasteiger partial charge in [0.15, 0.2) is 0 Å². The molecule has 1 saturated heterocycles. The summed E-state index contributed by atoms with van der Waals surface area (Å²) in [6.07, 6.45) is 1.97. The third-order valence-corrected chi connectivity index (χ3v) is 3.14. The summed E-state index contributed by atoms with van der Waals surface area (Å²) >= 11 is 0. The number of rotatable bonds is 5. The Balaban J connectivity index is 2.47. The Morgan fingerprint density at radius 2 is 2.38 bits per heavy atom. The molecule has 2 N–H and O–H groups in total. The Morgan fingerprint density at radius 3 is 2.88 bits per heavy atom. The van der Waals surface area contributed by atoms with E-state index in [1.807, 2.05) is 11.8 Å². The van der Waals surface area contributed by atoms with Gasteiger partial charge in [-0.2, -0.15) is 0 Å². The number of amides is 1. The molecule has 0 spiro atoms. The summed E-state index contributed by atoms with van der Waals surface area (Å²) in [5, 5.41) is 0. The first-order chi connectivity index (χ1) is 7.69. The summed E-state index contributed by atoms with van der Waals surface area (Å²) in [6.45, 7) is 7.65. The molecule has 1 fully saturated rings. The molecule has 1 heterocycles. The van der Waals surface area contributed by atoms with Crippen molar-refractivity contribution in [2.45, 2.75) is 26.7 Å². The molecule has 0 aromatic carbocycles. The highest BCUT2D eigenvalue weighted by Gasteiger charge is 2.26. The number of ether oxygens (including phenoxy) is 1. The minimum atomic E-state index is 0.0682. The average molecular weight is 228 g/mol. The molecule has 4 nitrogen and oxygen atoms in total. The van der Waals surface area contributed by atoms with Gasteiger partial charge < -0.3 is 15.4 Å². The summed E-state index contributed by atoms with van der Waals surface area (Å²) in [7, 11) is 0. The number of carbonyl (C=O) groups excluding carboxylic acids is 1. The van der Waals surface area contributed by atoms with Crippen molar-refractivity contribution in [3.8, 4) is 0 Å². The van der Waals surface area contributed by atoms with Gasteiger partial charge in [-0.05, 0) is 32.2 Å². The van der Waals surface area contributed by atoms with Crippen LogP contribution >= 0.6 is 0 Å². The topological polar surface area (TPSA) is 55.6 Å². The first-order valence-electron chi connectivity index (χ1n) is 6.25. The first-order valence-corrected chi connectivity index (χ1v) is 6.25. The van der Waals surface area contributed by atoms with Crippen molar-refractivity contribution in [1.82, 2.24) is 4.90 Å². The van der Waals surface area contributed by atoms with Crippen molar-refractivity contribution in [3.05, 3.63) is 0 Å². The van der Waals surface area contributed by atoms with Crippen molar-refractivity contribution in [3.63, 3.8) is 0 Å². The Kier molecular flexibility index (Phi) is 5.77. The molecule has 0 saturated carbocycles. The molecule has 0 radical (unpaired) electrons. The lowest BCUT2D eigenvalue weighted by Gasteiger charge is -2.30. The zero-order chi connectivity index (χ0) is 12.0. The van der Waals surface area contributed by atoms with E-state index < -0.39 is 0 Å². The third kappa shape index (κ3) is 3.76. The predicted molar refractivity (Wildman–Crippen MR) is 64.0 cm³/mol. The van der Waals surface area contributed by atoms with Crippen LogP contribution in [-0.2, 0) is 9.53 Å². The third-order valence-electron chi connectivity index (χ3n) is 3.14. The van der Waals surface area contributed by atoms with Crippen LogP contribution in [0.15, 0.2) is 0 Å². The number of hydrogen-bond donors (Lipinski definition) is 1. The number of nitrogens with zero attached hydrogens (tertiary/aromatic N) is 1. The zero-order valence-corrected chi connectivity index (χ0v) is 10.4. The molecule has 0 aliphatic carbocycles. The van der Waals surface area contributed by atoms with Gasteiger partial charge in [0.1, 0.15) is 0 Å². The molecular weight excluding hydrogens is 204 g/mol. The SMILES string of the molecule is CCN(CC(C)CN)C(=O)C1CCCOC1. The predicted octanol–water partition coefficient (Wildman–Crippen LogP) is 0.856. The Bertz CT molecular complexity index is 215. The fourth-order valence-electron chi connectivity index (χ4n) is 2.02. The molecule has 0 bridgehead atoms. The summed E-state index contributed by atoms with van der Waals surface area (Å²) in [6, 6.07) is 0. The van der Waals surface area contributed by atoms with Crippen LogP contribution in [0, 0.1) is 11.8 Å². The van der Waals surface area contributed by atoms with E-state index in [0.717, 1.165) is 32.5 Å². The molecule has 1 rings (SSSR count). The van der Waals surface area contributed by atoms with Crippen molar-refractivity contribution in [2.75, 3.05) is 32.8 Å². The number of carbonyl (C=O) groups is 1. The van der Waals surface area contributed by atoms with Crippen LogP contribution in [0.5, 0.6) is 0 Å². The van der Waals surface area contributed by atoms with Crippen molar-refractivity contribution in [2.24, 2.45) is 17.6 Å². The van der Waals surface area contributed by atoms with E-state index in [1.165, 1.54) is 0 Å². The van der Waals surface area contributed by atoms with Gasteiger partial charge in [-0.15, -0.1) is 0 Å². The molecule has 2 unspecified atom stereocenters. The lowest BCUT2D eigenvalue weighted by molar-refractivity contribution is -0.140. The van der Waals surface area contributed by atoms with Gasteiger partial charge in [0.2, 0.25) is 5.91 Å². The van der Waals surface area contributed by atoms with E-state index in [4.69, 9.17) is 10.5 Å². The Hall–Kier alpha value is -0.610. The van der Waals surface area contributed by atoms with E-state index >= 15 is 0 Å². The molecule has 1 aliphatic heterocycles. The lowest BCUT2D eigenvalue weighted by Crippen LogP contribution is -2.42. The molecule has 16 heavy (non-hydrogen) atoms. The molecule has 4 heteroatoms. The minimum absolute atomic E-state index is 0.0682. The smallest absolute Gasteiger partial charge is 0.228 e. The fourth-order valence-corrected chi connectivity index (χ4v) is 2.02. The Labute approximate surface area is 98.1 Å². The van der Waals surface area contributed by atoms with E-state index in [9.17, 15) is 4.79 Å². The van der Waals surface area contributed by atoms with Crippen LogP contribution in [0.4, 0.5) is 0 Å². The zero-order valence-electron chi connectivity index (χ0n) is 10.4. The second-order valence-corrected chi connectivity index (χ2v) is 4.63. The molecule has 1 aliphatic rings. The molecule has 0 aromatic rings. The van der Waals surface area contributed by atoms with Crippen LogP contribution in [0.2, 0.25) is 0 Å². The molecule has 1 amide bonds. The van der Waals surface area contributed by atoms with Crippen molar-refractivity contribution < 1.29 is 9.53 Å². The van der Waals surface area contributed by atoms with Gasteiger partial charge in [-0.3, -0.25) is 4.79 Å². The van der Waals surface area contributed by atoms with Crippen LogP contribution in [0.25, 0.3) is 0 Å². The summed E-state index contributed by atoms with van der Waals surface area (Å²) in [5.74, 6) is 0.676. The summed E-state index contributed by atoms with van der Waals surface area (Å²) in [4.78, 5) is 14.1. The first kappa shape index (κ1) is 13.5. The van der Waals surface area contributed by atoms with Crippen LogP contribution < -0.4 is 5.73 Å². The maximum absolute atomic E-state index is 12.2. The normalized spacial score (nSPS) is 22.8. The van der Waals surface area contributed by atoms with Gasteiger partial charge in [0.25, 0.3) is 0 Å². The van der Waals surface area contributed by atoms with Gasteiger partial charge in [0, 0.05) is 19.7 Å². The minimum Gasteiger partial charge on any atom is -0.381 e. The standard InChI is InChI=1S/C12H24N2O2/c1-3-14(8-10(2)7-13)12(15)11-5-4-6-16-9-11/h10-11H,3-9,13H2,1-2H3. The quantitative estimate of drug-likeness (QED) is 0.759. The van der Waals surface area contributed by atoms with E-state index in [0.29, 0.717) is 19.1 Å². The lowest BCUT2D eigenvalue weighted by atomic mass is 10.00. The molecular formula is C12H24N2O2. The number of hydrogen-bond acceptors (Lipinski definition) is 3. The number of nitrogens with two attached hydrogens (primary N) is 1. The van der Waals surface area contributed by atoms with Crippen molar-refractivity contribution in [1.29, 1.82) is 0 Å². The van der Waals surface area contributed by atoms with E-state index in [2.05, 4.69) is 6.92 Å². The second kappa shape index (κ2) is 6.86. The van der Waals surface area contributed by atoms with Gasteiger partial charge >= 0.3 is 0 Å². The molecule has 0 aromatic heterocycles. The largest absolute Gasteiger partial charge is 0.381 e. The summed E-state index contributed by atoms with van der Waals surface area (Å²) in [5.41, 5.74) is 5.59. The van der Waals surface area contributed by atoms with Gasteiger partial charge in [-0.1, -0.05) is 6.92 Å². The van der Waals surface area contributed by atoms with Crippen LogP contribution in [-0.4, -0.2) is 43.7 Å². The highest BCUT2D eigenvalue weighted by molar-refractivity contribution is 5.79. The highest BCUT2D eigenvalue weighted by Crippen LogP contribution is 2.17. The fraction of sp³-hybridized carbons (Fsp3) is 0.917. The monoisotopic (exact) mass is 228 g/mol.